The lowest BCUT2D eigenvalue weighted by Crippen LogP contribution is -2.35. The summed E-state index contributed by atoms with van der Waals surface area (Å²) in [6.45, 7) is 4.02. The van der Waals surface area contributed by atoms with Crippen molar-refractivity contribution < 1.29 is 9.90 Å². The number of carbonyl (C=O) groups excluding carboxylic acids is 1. The minimum absolute atomic E-state index is 0.0885. The van der Waals surface area contributed by atoms with Gasteiger partial charge in [-0.1, -0.05) is 44.8 Å². The van der Waals surface area contributed by atoms with E-state index < -0.39 is 0 Å². The van der Waals surface area contributed by atoms with Crippen LogP contribution in [0.3, 0.4) is 0 Å². The van der Waals surface area contributed by atoms with Crippen LogP contribution in [-0.2, 0) is 4.79 Å². The number of aliphatic hydroxyl groups is 1. The molecule has 118 valence electrons. The molecule has 0 bridgehead atoms. The second kappa shape index (κ2) is 14.5. The average molecular weight is 284 g/mol. The number of allylic oxidation sites excluding steroid dienone is 1. The van der Waals surface area contributed by atoms with E-state index in [0.717, 1.165) is 25.8 Å². The van der Waals surface area contributed by atoms with Crippen molar-refractivity contribution >= 4 is 5.91 Å². The van der Waals surface area contributed by atoms with Gasteiger partial charge in [0.15, 0.2) is 0 Å². The first-order valence-electron chi connectivity index (χ1n) is 7.91. The summed E-state index contributed by atoms with van der Waals surface area (Å²) < 4.78 is 0. The maximum Gasteiger partial charge on any atom is 0.224 e. The zero-order valence-electron chi connectivity index (χ0n) is 13.2. The number of carbonyl (C=O) groups is 1. The highest BCUT2D eigenvalue weighted by atomic mass is 16.2. The van der Waals surface area contributed by atoms with Crippen molar-refractivity contribution in [2.45, 2.75) is 58.3 Å². The topological polar surface area (TPSA) is 52.6 Å². The van der Waals surface area contributed by atoms with E-state index in [0.29, 0.717) is 19.7 Å². The summed E-state index contributed by atoms with van der Waals surface area (Å²) in [5.74, 6) is 0.0885. The van der Waals surface area contributed by atoms with Crippen molar-refractivity contribution in [2.24, 2.45) is 0 Å². The maximum atomic E-state index is 11.5. The predicted octanol–water partition coefficient (Wildman–Crippen LogP) is 2.68. The quantitative estimate of drug-likeness (QED) is 0.310. The Bertz CT molecular complexity index is 255. The van der Waals surface area contributed by atoms with Crippen LogP contribution in [0.15, 0.2) is 12.2 Å². The standard InChI is InChI=1S/C16H32N2O2/c1-3-4-9-12-16(20)17-15-18(2)13-10-7-5-6-8-11-14-19/h4,9,19H,3,5-8,10-15H2,1-2H3,(H,17,20)/b9-4+. The number of hydrogen-bond donors (Lipinski definition) is 2. The maximum absolute atomic E-state index is 11.5. The third-order valence-electron chi connectivity index (χ3n) is 3.20. The molecule has 0 aliphatic carbocycles. The van der Waals surface area contributed by atoms with E-state index in [-0.39, 0.29) is 5.91 Å². The zero-order chi connectivity index (χ0) is 15.1. The zero-order valence-corrected chi connectivity index (χ0v) is 13.2. The molecule has 0 aliphatic heterocycles. The molecule has 0 spiro atoms. The number of aliphatic hydroxyl groups excluding tert-OH is 1. The molecular formula is C16H32N2O2. The van der Waals surface area contributed by atoms with Gasteiger partial charge in [-0.25, -0.2) is 0 Å². The van der Waals surface area contributed by atoms with Gasteiger partial charge in [0.25, 0.3) is 0 Å². The highest BCUT2D eigenvalue weighted by molar-refractivity contribution is 5.77. The Balaban J connectivity index is 3.38. The molecule has 0 aromatic rings. The van der Waals surface area contributed by atoms with Crippen LogP contribution in [0.4, 0.5) is 0 Å². The first-order valence-corrected chi connectivity index (χ1v) is 7.91. The SMILES string of the molecule is CC/C=C/CC(=O)NCN(C)CCCCCCCCO. The summed E-state index contributed by atoms with van der Waals surface area (Å²) in [6.07, 6.45) is 12.3. The van der Waals surface area contributed by atoms with Crippen LogP contribution < -0.4 is 5.32 Å². The highest BCUT2D eigenvalue weighted by Gasteiger charge is 2.01. The van der Waals surface area contributed by atoms with E-state index in [2.05, 4.69) is 17.1 Å². The van der Waals surface area contributed by atoms with Crippen molar-refractivity contribution in [2.75, 3.05) is 26.9 Å². The van der Waals surface area contributed by atoms with E-state index in [9.17, 15) is 4.79 Å². The molecule has 4 heteroatoms. The van der Waals surface area contributed by atoms with E-state index in [1.54, 1.807) is 0 Å². The third-order valence-corrected chi connectivity index (χ3v) is 3.20. The Kier molecular flexibility index (Phi) is 13.9. The monoisotopic (exact) mass is 284 g/mol. The van der Waals surface area contributed by atoms with Gasteiger partial charge < -0.3 is 10.4 Å². The Labute approximate surface area is 124 Å². The predicted molar refractivity (Wildman–Crippen MR) is 84.5 cm³/mol. The lowest BCUT2D eigenvalue weighted by Gasteiger charge is -2.16. The van der Waals surface area contributed by atoms with E-state index in [4.69, 9.17) is 5.11 Å². The summed E-state index contributed by atoms with van der Waals surface area (Å²) in [5.41, 5.74) is 0. The second-order valence-electron chi connectivity index (χ2n) is 5.27. The first kappa shape index (κ1) is 19.1. The van der Waals surface area contributed by atoms with Gasteiger partial charge in [0.05, 0.1) is 6.67 Å². The molecule has 2 N–H and O–H groups in total. The molecule has 0 rings (SSSR count). The molecule has 0 atom stereocenters. The minimum Gasteiger partial charge on any atom is -0.396 e. The fraction of sp³-hybridized carbons (Fsp3) is 0.812. The van der Waals surface area contributed by atoms with Gasteiger partial charge >= 0.3 is 0 Å². The Morgan fingerprint density at radius 3 is 2.40 bits per heavy atom. The molecule has 0 aliphatic rings. The fourth-order valence-electron chi connectivity index (χ4n) is 1.93. The lowest BCUT2D eigenvalue weighted by molar-refractivity contribution is -0.120. The van der Waals surface area contributed by atoms with Crippen LogP contribution in [0.5, 0.6) is 0 Å². The molecule has 0 fully saturated rings. The molecule has 0 aromatic carbocycles. The molecule has 0 saturated carbocycles. The molecule has 0 aromatic heterocycles. The van der Waals surface area contributed by atoms with Crippen LogP contribution in [0.25, 0.3) is 0 Å². The molecular weight excluding hydrogens is 252 g/mol. The highest BCUT2D eigenvalue weighted by Crippen LogP contribution is 2.05. The molecule has 0 unspecified atom stereocenters. The summed E-state index contributed by atoms with van der Waals surface area (Å²) in [7, 11) is 2.04. The summed E-state index contributed by atoms with van der Waals surface area (Å²) in [6, 6.07) is 0. The second-order valence-corrected chi connectivity index (χ2v) is 5.27. The smallest absolute Gasteiger partial charge is 0.224 e. The van der Waals surface area contributed by atoms with Crippen molar-refractivity contribution in [3.8, 4) is 0 Å². The normalized spacial score (nSPS) is 11.4. The van der Waals surface area contributed by atoms with E-state index in [1.165, 1.54) is 25.7 Å². The summed E-state index contributed by atoms with van der Waals surface area (Å²) in [5, 5.41) is 11.6. The van der Waals surface area contributed by atoms with Gasteiger partial charge in [-0.2, -0.15) is 0 Å². The van der Waals surface area contributed by atoms with E-state index in [1.807, 2.05) is 19.2 Å². The van der Waals surface area contributed by atoms with Crippen molar-refractivity contribution in [1.82, 2.24) is 10.2 Å². The minimum atomic E-state index is 0.0885. The van der Waals surface area contributed by atoms with Crippen LogP contribution >= 0.6 is 0 Å². The largest absolute Gasteiger partial charge is 0.396 e. The van der Waals surface area contributed by atoms with Gasteiger partial charge in [-0.15, -0.1) is 0 Å². The molecule has 0 saturated heterocycles. The fourth-order valence-corrected chi connectivity index (χ4v) is 1.93. The summed E-state index contributed by atoms with van der Waals surface area (Å²) in [4.78, 5) is 13.6. The Morgan fingerprint density at radius 2 is 1.75 bits per heavy atom. The number of nitrogens with zero attached hydrogens (tertiary/aromatic N) is 1. The average Bonchev–Trinajstić information content (AvgIpc) is 2.44. The molecule has 20 heavy (non-hydrogen) atoms. The van der Waals surface area contributed by atoms with Crippen molar-refractivity contribution in [1.29, 1.82) is 0 Å². The molecule has 4 nitrogen and oxygen atoms in total. The molecule has 0 heterocycles. The van der Waals surface area contributed by atoms with Gasteiger partial charge in [0.2, 0.25) is 5.91 Å². The van der Waals surface area contributed by atoms with Gasteiger partial charge in [-0.3, -0.25) is 9.69 Å². The lowest BCUT2D eigenvalue weighted by atomic mass is 10.1. The van der Waals surface area contributed by atoms with Crippen LogP contribution in [-0.4, -0.2) is 42.8 Å². The van der Waals surface area contributed by atoms with E-state index >= 15 is 0 Å². The number of unbranched alkanes of at least 4 members (excludes halogenated alkanes) is 5. The van der Waals surface area contributed by atoms with Gasteiger partial charge in [-0.05, 0) is 32.9 Å². The number of amides is 1. The first-order chi connectivity index (χ1) is 9.70. The van der Waals surface area contributed by atoms with Crippen LogP contribution in [0.2, 0.25) is 0 Å². The van der Waals surface area contributed by atoms with Crippen LogP contribution in [0, 0.1) is 0 Å². The Hall–Kier alpha value is -0.870. The molecule has 0 radical (unpaired) electrons. The number of hydrogen-bond acceptors (Lipinski definition) is 3. The van der Waals surface area contributed by atoms with Crippen molar-refractivity contribution in [3.05, 3.63) is 12.2 Å². The Morgan fingerprint density at radius 1 is 1.10 bits per heavy atom. The summed E-state index contributed by atoms with van der Waals surface area (Å²) >= 11 is 0. The van der Waals surface area contributed by atoms with Crippen molar-refractivity contribution in [3.63, 3.8) is 0 Å². The van der Waals surface area contributed by atoms with Crippen LogP contribution in [0.1, 0.15) is 58.3 Å². The molecule has 1 amide bonds. The third kappa shape index (κ3) is 13.6. The van der Waals surface area contributed by atoms with Gasteiger partial charge in [0.1, 0.15) is 0 Å². The van der Waals surface area contributed by atoms with Gasteiger partial charge in [0, 0.05) is 13.0 Å². The number of nitrogens with one attached hydrogen (secondary N) is 1. The number of rotatable bonds is 13.